The zero-order valence-corrected chi connectivity index (χ0v) is 25.6. The van der Waals surface area contributed by atoms with Crippen LogP contribution in [0.25, 0.3) is 0 Å². The summed E-state index contributed by atoms with van der Waals surface area (Å²) in [6.07, 6.45) is 0.772. The number of aryl methyl sites for hydroxylation is 2. The van der Waals surface area contributed by atoms with Crippen molar-refractivity contribution in [2.45, 2.75) is 106 Å². The molecule has 9 nitrogen and oxygen atoms in total. The number of nitrogens with one attached hydrogen (secondary N) is 2. The van der Waals surface area contributed by atoms with Crippen molar-refractivity contribution in [2.75, 3.05) is 13.7 Å². The molecule has 0 fully saturated rings. The van der Waals surface area contributed by atoms with E-state index in [-0.39, 0.29) is 18.5 Å². The molecule has 0 heterocycles. The third-order valence-electron chi connectivity index (χ3n) is 6.22. The SMILES string of the molecule is COC(=O)CNC(=O)C(c1cc(C)cc(C)c1)N(C(=O)C(NC(=O)OC(C)(C)C)C(C)C)C(C)CCC(C)C. The molecule has 0 aliphatic heterocycles. The van der Waals surface area contributed by atoms with Gasteiger partial charge in [0.05, 0.1) is 7.11 Å². The molecule has 0 radical (unpaired) electrons. The number of carbonyl (C=O) groups is 4. The van der Waals surface area contributed by atoms with Gasteiger partial charge in [-0.3, -0.25) is 14.4 Å². The first-order valence-electron chi connectivity index (χ1n) is 13.7. The molecule has 1 aromatic rings. The summed E-state index contributed by atoms with van der Waals surface area (Å²) in [6.45, 7) is 18.6. The van der Waals surface area contributed by atoms with E-state index in [1.54, 1.807) is 25.7 Å². The highest BCUT2D eigenvalue weighted by Gasteiger charge is 2.40. The van der Waals surface area contributed by atoms with E-state index in [0.717, 1.165) is 17.5 Å². The van der Waals surface area contributed by atoms with Crippen LogP contribution in [0.3, 0.4) is 0 Å². The van der Waals surface area contributed by atoms with Crippen molar-refractivity contribution in [3.8, 4) is 0 Å². The van der Waals surface area contributed by atoms with Crippen LogP contribution >= 0.6 is 0 Å². The molecule has 0 aromatic heterocycles. The molecular formula is C30H49N3O6. The topological polar surface area (TPSA) is 114 Å². The lowest BCUT2D eigenvalue weighted by atomic mass is 9.93. The van der Waals surface area contributed by atoms with Crippen LogP contribution in [-0.2, 0) is 23.9 Å². The summed E-state index contributed by atoms with van der Waals surface area (Å²) in [5.74, 6) is -1.40. The monoisotopic (exact) mass is 547 g/mol. The number of nitrogens with zero attached hydrogens (tertiary/aromatic N) is 1. The smallest absolute Gasteiger partial charge is 0.408 e. The van der Waals surface area contributed by atoms with E-state index in [9.17, 15) is 19.2 Å². The summed E-state index contributed by atoms with van der Waals surface area (Å²) in [6, 6.07) is 3.40. The van der Waals surface area contributed by atoms with Crippen molar-refractivity contribution in [1.82, 2.24) is 15.5 Å². The maximum Gasteiger partial charge on any atom is 0.408 e. The average Bonchev–Trinajstić information content (AvgIpc) is 2.80. The maximum atomic E-state index is 14.3. The highest BCUT2D eigenvalue weighted by atomic mass is 16.6. The molecule has 220 valence electrons. The average molecular weight is 548 g/mol. The zero-order chi connectivity index (χ0) is 30.1. The van der Waals surface area contributed by atoms with Crippen LogP contribution in [0.1, 0.15) is 91.0 Å². The Bertz CT molecular complexity index is 979. The number of carbonyl (C=O) groups excluding carboxylic acids is 4. The van der Waals surface area contributed by atoms with Crippen LogP contribution in [0.15, 0.2) is 18.2 Å². The number of hydrogen-bond donors (Lipinski definition) is 2. The standard InChI is InChI=1S/C30H49N3O6/c1-18(2)12-13-22(7)33(28(36)25(19(3)4)32-29(37)39-30(8,9)10)26(27(35)31-17-24(34)38-11)23-15-20(5)14-21(6)16-23/h14-16,18-19,22,25-26H,12-13,17H2,1-11H3,(H,31,35)(H,32,37). The second kappa shape index (κ2) is 14.9. The third kappa shape index (κ3) is 11.3. The molecule has 2 N–H and O–H groups in total. The van der Waals surface area contributed by atoms with Gasteiger partial charge in [-0.2, -0.15) is 0 Å². The summed E-state index contributed by atoms with van der Waals surface area (Å²) in [4.78, 5) is 54.2. The van der Waals surface area contributed by atoms with Gasteiger partial charge in [0.15, 0.2) is 0 Å². The molecule has 0 spiro atoms. The largest absolute Gasteiger partial charge is 0.468 e. The van der Waals surface area contributed by atoms with Gasteiger partial charge >= 0.3 is 12.1 Å². The molecule has 3 amide bonds. The highest BCUT2D eigenvalue weighted by Crippen LogP contribution is 2.29. The van der Waals surface area contributed by atoms with Crippen LogP contribution in [0.4, 0.5) is 4.79 Å². The lowest BCUT2D eigenvalue weighted by Gasteiger charge is -2.39. The molecule has 3 unspecified atom stereocenters. The first kappa shape index (κ1) is 33.9. The number of amides is 3. The van der Waals surface area contributed by atoms with Crippen LogP contribution < -0.4 is 10.6 Å². The van der Waals surface area contributed by atoms with Crippen molar-refractivity contribution in [1.29, 1.82) is 0 Å². The molecule has 0 saturated heterocycles. The predicted molar refractivity (Wildman–Crippen MR) is 152 cm³/mol. The summed E-state index contributed by atoms with van der Waals surface area (Å²) in [5.41, 5.74) is 1.75. The van der Waals surface area contributed by atoms with Gasteiger partial charge in [-0.05, 0) is 71.8 Å². The number of rotatable bonds is 12. The molecule has 0 aliphatic carbocycles. The molecule has 39 heavy (non-hydrogen) atoms. The van der Waals surface area contributed by atoms with E-state index >= 15 is 0 Å². The van der Waals surface area contributed by atoms with Crippen molar-refractivity contribution in [2.24, 2.45) is 11.8 Å². The quantitative estimate of drug-likeness (QED) is 0.362. The Balaban J connectivity index is 3.67. The van der Waals surface area contributed by atoms with Crippen molar-refractivity contribution < 1.29 is 28.7 Å². The molecule has 3 atom stereocenters. The Morgan fingerprint density at radius 1 is 0.923 bits per heavy atom. The Labute approximate surface area is 234 Å². The fourth-order valence-electron chi connectivity index (χ4n) is 4.36. The molecular weight excluding hydrogens is 498 g/mol. The number of esters is 1. The zero-order valence-electron chi connectivity index (χ0n) is 25.6. The van der Waals surface area contributed by atoms with Gasteiger partial charge in [0.25, 0.3) is 0 Å². The summed E-state index contributed by atoms with van der Waals surface area (Å²) >= 11 is 0. The van der Waals surface area contributed by atoms with Crippen molar-refractivity contribution in [3.63, 3.8) is 0 Å². The normalized spacial score (nSPS) is 13.9. The number of hydrogen-bond acceptors (Lipinski definition) is 6. The number of ether oxygens (including phenoxy) is 2. The number of methoxy groups -OCH3 is 1. The lowest BCUT2D eigenvalue weighted by molar-refractivity contribution is -0.147. The minimum absolute atomic E-state index is 0.289. The van der Waals surface area contributed by atoms with Gasteiger partial charge in [0.1, 0.15) is 24.2 Å². The molecule has 0 aliphatic rings. The van der Waals surface area contributed by atoms with Crippen LogP contribution in [0.5, 0.6) is 0 Å². The maximum absolute atomic E-state index is 14.3. The summed E-state index contributed by atoms with van der Waals surface area (Å²) in [7, 11) is 1.25. The molecule has 0 bridgehead atoms. The van der Waals surface area contributed by atoms with E-state index in [1.807, 2.05) is 52.8 Å². The van der Waals surface area contributed by atoms with E-state index < -0.39 is 41.6 Å². The molecule has 9 heteroatoms. The molecule has 0 saturated carbocycles. The Morgan fingerprint density at radius 2 is 1.49 bits per heavy atom. The second-order valence-corrected chi connectivity index (χ2v) is 12.1. The van der Waals surface area contributed by atoms with E-state index in [1.165, 1.54) is 7.11 Å². The predicted octanol–water partition coefficient (Wildman–Crippen LogP) is 4.84. The first-order valence-corrected chi connectivity index (χ1v) is 13.7. The third-order valence-corrected chi connectivity index (χ3v) is 6.22. The lowest BCUT2D eigenvalue weighted by Crippen LogP contribution is -2.57. The Kier molecular flexibility index (Phi) is 13.0. The van der Waals surface area contributed by atoms with Crippen LogP contribution in [-0.4, -0.2) is 60.1 Å². The van der Waals surface area contributed by atoms with E-state index in [4.69, 9.17) is 9.47 Å². The highest BCUT2D eigenvalue weighted by molar-refractivity contribution is 5.93. The Morgan fingerprint density at radius 3 is 1.95 bits per heavy atom. The molecule has 1 rings (SSSR count). The van der Waals surface area contributed by atoms with Crippen LogP contribution in [0.2, 0.25) is 0 Å². The molecule has 1 aromatic carbocycles. The van der Waals surface area contributed by atoms with Gasteiger partial charge in [-0.1, -0.05) is 57.0 Å². The minimum Gasteiger partial charge on any atom is -0.468 e. The van der Waals surface area contributed by atoms with E-state index in [2.05, 4.69) is 24.5 Å². The number of benzene rings is 1. The number of alkyl carbamates (subject to hydrolysis) is 1. The fourth-order valence-corrected chi connectivity index (χ4v) is 4.36. The van der Waals surface area contributed by atoms with Crippen molar-refractivity contribution >= 4 is 23.9 Å². The van der Waals surface area contributed by atoms with Crippen molar-refractivity contribution in [3.05, 3.63) is 34.9 Å². The van der Waals surface area contributed by atoms with Gasteiger partial charge in [0, 0.05) is 6.04 Å². The Hall–Kier alpha value is -3.10. The first-order chi connectivity index (χ1) is 18.0. The van der Waals surface area contributed by atoms with Gasteiger partial charge in [-0.15, -0.1) is 0 Å². The van der Waals surface area contributed by atoms with Gasteiger partial charge in [0.2, 0.25) is 11.8 Å². The van der Waals surface area contributed by atoms with Gasteiger partial charge < -0.3 is 25.0 Å². The fraction of sp³-hybridized carbons (Fsp3) is 0.667. The van der Waals surface area contributed by atoms with Gasteiger partial charge in [-0.25, -0.2) is 4.79 Å². The second-order valence-electron chi connectivity index (χ2n) is 12.1. The summed E-state index contributed by atoms with van der Waals surface area (Å²) in [5, 5.41) is 5.39. The summed E-state index contributed by atoms with van der Waals surface area (Å²) < 4.78 is 10.1. The van der Waals surface area contributed by atoms with Crippen LogP contribution in [0, 0.1) is 25.7 Å². The van der Waals surface area contributed by atoms with E-state index in [0.29, 0.717) is 17.9 Å². The minimum atomic E-state index is -1.04.